The Morgan fingerprint density at radius 2 is 1.71 bits per heavy atom. The maximum Gasteiger partial charge on any atom is 1.00 e. The van der Waals surface area contributed by atoms with E-state index in [9.17, 15) is 13.0 Å². The molecule has 0 aliphatic heterocycles. The van der Waals surface area contributed by atoms with E-state index < -0.39 is 10.1 Å². The summed E-state index contributed by atoms with van der Waals surface area (Å²) in [7, 11) is -3.91. The Morgan fingerprint density at radius 3 is 1.71 bits per heavy atom. The molecule has 3 nitrogen and oxygen atoms in total. The van der Waals surface area contributed by atoms with E-state index in [0.29, 0.717) is 0 Å². The molecule has 7 heavy (non-hydrogen) atoms. The van der Waals surface area contributed by atoms with Crippen molar-refractivity contribution in [2.24, 2.45) is 0 Å². The predicted octanol–water partition coefficient (Wildman–Crippen LogP) is -3.44. The molecule has 0 rings (SSSR count). The number of rotatable bonds is 1. The van der Waals surface area contributed by atoms with Gasteiger partial charge in [0.1, 0.15) is 0 Å². The minimum absolute atomic E-state index is 0. The fourth-order valence-corrected chi connectivity index (χ4v) is 0. The third-order valence-corrected chi connectivity index (χ3v) is 1.06. The van der Waals surface area contributed by atoms with E-state index in [1.54, 1.807) is 0 Å². The summed E-state index contributed by atoms with van der Waals surface area (Å²) in [6.07, 6.45) is 0. The fourth-order valence-electron chi connectivity index (χ4n) is 0. The van der Waals surface area contributed by atoms with Crippen LogP contribution in [0.15, 0.2) is 0 Å². The zero-order valence-electron chi connectivity index (χ0n) is 4.34. The maximum atomic E-state index is 9.44. The fraction of sp³-hybridized carbons (Fsp3) is 1.00. The van der Waals surface area contributed by atoms with Crippen molar-refractivity contribution in [1.29, 1.82) is 0 Å². The standard InChI is InChI=1S/C2H6O3S.Li/c1-2-6(3,4)5;/h2H2,1H3,(H,3,4,5);/q;+1/p-1. The van der Waals surface area contributed by atoms with Crippen molar-refractivity contribution in [1.82, 2.24) is 0 Å². The average Bonchev–Trinajstić information content (AvgIpc) is 1.35. The van der Waals surface area contributed by atoms with Crippen molar-refractivity contribution in [2.75, 3.05) is 5.75 Å². The second-order valence-corrected chi connectivity index (χ2v) is 2.54. The summed E-state index contributed by atoms with van der Waals surface area (Å²) in [5.74, 6) is -0.312. The van der Waals surface area contributed by atoms with Crippen molar-refractivity contribution in [3.8, 4) is 0 Å². The van der Waals surface area contributed by atoms with E-state index in [-0.39, 0.29) is 24.6 Å². The molecule has 5 heteroatoms. The van der Waals surface area contributed by atoms with Crippen LogP contribution in [0, 0.1) is 0 Å². The molecule has 0 aromatic heterocycles. The van der Waals surface area contributed by atoms with Gasteiger partial charge in [0.05, 0.1) is 10.1 Å². The molecule has 0 bridgehead atoms. The quantitative estimate of drug-likeness (QED) is 0.264. The van der Waals surface area contributed by atoms with Crippen LogP contribution in [0.1, 0.15) is 6.92 Å². The first-order chi connectivity index (χ1) is 2.56. The van der Waals surface area contributed by atoms with Crippen LogP contribution < -0.4 is 18.9 Å². The van der Waals surface area contributed by atoms with Gasteiger partial charge >= 0.3 is 18.9 Å². The Labute approximate surface area is 55.0 Å². The van der Waals surface area contributed by atoms with Gasteiger partial charge in [-0.1, -0.05) is 6.92 Å². The Bertz CT molecular complexity index is 115. The second-order valence-electron chi connectivity index (χ2n) is 0.846. The number of hydrogen-bond acceptors (Lipinski definition) is 3. The van der Waals surface area contributed by atoms with Crippen LogP contribution in [0.25, 0.3) is 0 Å². The monoisotopic (exact) mass is 116 g/mol. The van der Waals surface area contributed by atoms with Crippen LogP contribution in [-0.4, -0.2) is 18.7 Å². The molecule has 0 radical (unpaired) electrons. The summed E-state index contributed by atoms with van der Waals surface area (Å²) in [5, 5.41) is 0. The molecular weight excluding hydrogens is 111 g/mol. The minimum Gasteiger partial charge on any atom is -0.748 e. The SMILES string of the molecule is CCS(=O)(=O)[O-].[Li+]. The average molecular weight is 116 g/mol. The number of hydrogen-bond donors (Lipinski definition) is 0. The first kappa shape index (κ1) is 10.5. The molecule has 0 spiro atoms. The van der Waals surface area contributed by atoms with E-state index in [2.05, 4.69) is 0 Å². The summed E-state index contributed by atoms with van der Waals surface area (Å²) < 4.78 is 28.3. The second kappa shape index (κ2) is 3.50. The normalized spacial score (nSPS) is 10.0. The van der Waals surface area contributed by atoms with Crippen LogP contribution >= 0.6 is 0 Å². The molecule has 0 saturated heterocycles. The molecule has 0 aliphatic carbocycles. The van der Waals surface area contributed by atoms with Crippen molar-refractivity contribution < 1.29 is 31.8 Å². The van der Waals surface area contributed by atoms with Gasteiger partial charge < -0.3 is 4.55 Å². The molecule has 0 unspecified atom stereocenters. The third kappa shape index (κ3) is 10.7. The Kier molecular flexibility index (Phi) is 5.24. The molecular formula is C2H5LiO3S. The molecule has 0 saturated carbocycles. The zero-order chi connectivity index (χ0) is 5.21. The van der Waals surface area contributed by atoms with Crippen molar-refractivity contribution in [3.63, 3.8) is 0 Å². The van der Waals surface area contributed by atoms with E-state index in [1.807, 2.05) is 0 Å². The van der Waals surface area contributed by atoms with Gasteiger partial charge in [0.15, 0.2) is 0 Å². The first-order valence-electron chi connectivity index (χ1n) is 1.50. The molecule has 0 atom stereocenters. The first-order valence-corrected chi connectivity index (χ1v) is 3.07. The molecule has 0 amide bonds. The largest absolute Gasteiger partial charge is 1.00 e. The van der Waals surface area contributed by atoms with Gasteiger partial charge in [-0.05, 0) is 0 Å². The molecule has 0 N–H and O–H groups in total. The third-order valence-electron chi connectivity index (χ3n) is 0.354. The van der Waals surface area contributed by atoms with Crippen molar-refractivity contribution >= 4 is 10.1 Å². The summed E-state index contributed by atoms with van der Waals surface area (Å²) in [5.41, 5.74) is 0. The van der Waals surface area contributed by atoms with Gasteiger partial charge in [0.2, 0.25) is 0 Å². The summed E-state index contributed by atoms with van der Waals surface area (Å²) in [4.78, 5) is 0. The minimum atomic E-state index is -3.91. The van der Waals surface area contributed by atoms with E-state index >= 15 is 0 Å². The van der Waals surface area contributed by atoms with Crippen LogP contribution in [0.4, 0.5) is 0 Å². The van der Waals surface area contributed by atoms with E-state index in [1.165, 1.54) is 6.92 Å². The van der Waals surface area contributed by atoms with E-state index in [0.717, 1.165) is 0 Å². The van der Waals surface area contributed by atoms with E-state index in [4.69, 9.17) is 0 Å². The molecule has 0 aromatic carbocycles. The van der Waals surface area contributed by atoms with Gasteiger partial charge in [-0.15, -0.1) is 0 Å². The summed E-state index contributed by atoms with van der Waals surface area (Å²) in [6, 6.07) is 0. The van der Waals surface area contributed by atoms with Gasteiger partial charge in [0.25, 0.3) is 0 Å². The van der Waals surface area contributed by atoms with Crippen LogP contribution in [0.2, 0.25) is 0 Å². The molecule has 38 valence electrons. The van der Waals surface area contributed by atoms with Crippen LogP contribution in [0.3, 0.4) is 0 Å². The molecule has 0 aromatic rings. The van der Waals surface area contributed by atoms with Gasteiger partial charge in [-0.25, -0.2) is 8.42 Å². The zero-order valence-corrected chi connectivity index (χ0v) is 5.16. The Balaban J connectivity index is 0. The predicted molar refractivity (Wildman–Crippen MR) is 20.2 cm³/mol. The molecule has 0 fully saturated rings. The Morgan fingerprint density at radius 1 is 1.57 bits per heavy atom. The topological polar surface area (TPSA) is 57.2 Å². The summed E-state index contributed by atoms with van der Waals surface area (Å²) >= 11 is 0. The molecule has 0 aliphatic rings. The smallest absolute Gasteiger partial charge is 0.748 e. The van der Waals surface area contributed by atoms with Crippen molar-refractivity contribution in [3.05, 3.63) is 0 Å². The summed E-state index contributed by atoms with van der Waals surface area (Å²) in [6.45, 7) is 1.31. The molecule has 0 heterocycles. The van der Waals surface area contributed by atoms with Crippen LogP contribution in [-0.2, 0) is 10.1 Å². The maximum absolute atomic E-state index is 9.44. The van der Waals surface area contributed by atoms with Gasteiger partial charge in [0, 0.05) is 5.75 Å². The van der Waals surface area contributed by atoms with Gasteiger partial charge in [-0.3, -0.25) is 0 Å². The van der Waals surface area contributed by atoms with Crippen LogP contribution in [0.5, 0.6) is 0 Å². The Hall–Kier alpha value is 0.507. The van der Waals surface area contributed by atoms with Crippen molar-refractivity contribution in [2.45, 2.75) is 6.92 Å². The van der Waals surface area contributed by atoms with Gasteiger partial charge in [-0.2, -0.15) is 0 Å².